The van der Waals surface area contributed by atoms with Crippen LogP contribution in [0.25, 0.3) is 22.3 Å². The number of rotatable bonds is 2. The van der Waals surface area contributed by atoms with E-state index in [0.29, 0.717) is 5.56 Å². The molecule has 1 atom stereocenters. The van der Waals surface area contributed by atoms with Crippen molar-refractivity contribution in [2.24, 2.45) is 0 Å². The second-order valence-corrected chi connectivity index (χ2v) is 7.89. The number of aromatic hydroxyl groups is 4. The van der Waals surface area contributed by atoms with Gasteiger partial charge in [-0.1, -0.05) is 0 Å². The first-order valence-corrected chi connectivity index (χ1v) is 10.1. The highest BCUT2D eigenvalue weighted by molar-refractivity contribution is 7.08. The second kappa shape index (κ2) is 6.78. The van der Waals surface area contributed by atoms with Crippen molar-refractivity contribution in [3.8, 4) is 40.1 Å². The number of carbonyl (C=O) groups is 1. The fraction of sp³-hybridized carbons (Fsp3) is 0.0909. The number of benzene rings is 2. The molecule has 3 heterocycles. The first kappa shape index (κ1) is 19.0. The van der Waals surface area contributed by atoms with E-state index in [9.17, 15) is 30.0 Å². The number of thiophene rings is 1. The summed E-state index contributed by atoms with van der Waals surface area (Å²) in [6, 6.07) is 6.67. The standard InChI is InChI=1S/C22H14O8S/c23-12-2-1-9(5-13(12)24)21-20(28)19(27)18-14(25)7-15-17(22(18)30-21)11(6-16(26)29-15)10-3-4-31-8-10/h1-5,7-8,11,23-25,28H,6H2/t11-/m1/s1. The maximum atomic E-state index is 13.0. The summed E-state index contributed by atoms with van der Waals surface area (Å²) in [7, 11) is 0. The van der Waals surface area contributed by atoms with Crippen LogP contribution in [-0.2, 0) is 4.79 Å². The van der Waals surface area contributed by atoms with Gasteiger partial charge in [0.25, 0.3) is 0 Å². The number of carbonyl (C=O) groups excluding carboxylic acids is 1. The van der Waals surface area contributed by atoms with Crippen molar-refractivity contribution in [3.63, 3.8) is 0 Å². The Morgan fingerprint density at radius 3 is 2.48 bits per heavy atom. The molecule has 2 aromatic heterocycles. The van der Waals surface area contributed by atoms with Crippen LogP contribution in [0.2, 0.25) is 0 Å². The van der Waals surface area contributed by atoms with Crippen molar-refractivity contribution in [2.75, 3.05) is 0 Å². The summed E-state index contributed by atoms with van der Waals surface area (Å²) in [5.74, 6) is -3.31. The van der Waals surface area contributed by atoms with Gasteiger partial charge in [0.15, 0.2) is 17.3 Å². The third-order valence-corrected chi connectivity index (χ3v) is 5.95. The van der Waals surface area contributed by atoms with Gasteiger partial charge in [0.1, 0.15) is 22.5 Å². The highest BCUT2D eigenvalue weighted by Crippen LogP contribution is 2.47. The predicted molar refractivity (Wildman–Crippen MR) is 111 cm³/mol. The minimum atomic E-state index is -0.884. The summed E-state index contributed by atoms with van der Waals surface area (Å²) in [6.45, 7) is 0. The first-order valence-electron chi connectivity index (χ1n) is 9.16. The van der Waals surface area contributed by atoms with E-state index in [1.54, 1.807) is 0 Å². The first-order chi connectivity index (χ1) is 14.8. The molecule has 0 spiro atoms. The summed E-state index contributed by atoms with van der Waals surface area (Å²) < 4.78 is 11.2. The fourth-order valence-corrected chi connectivity index (χ4v) is 4.51. The summed E-state index contributed by atoms with van der Waals surface area (Å²) in [6.07, 6.45) is 0.00350. The average molecular weight is 438 g/mol. The molecule has 156 valence electrons. The zero-order valence-electron chi connectivity index (χ0n) is 15.7. The van der Waals surface area contributed by atoms with Crippen LogP contribution in [0.1, 0.15) is 23.5 Å². The SMILES string of the molecule is O=C1C[C@H](c2ccsc2)c2c(cc(O)c3c(=O)c(O)c(-c4ccc(O)c(O)c4)oc23)O1. The lowest BCUT2D eigenvalue weighted by atomic mass is 9.86. The van der Waals surface area contributed by atoms with E-state index < -0.39 is 34.6 Å². The van der Waals surface area contributed by atoms with Gasteiger partial charge in [0.2, 0.25) is 11.2 Å². The minimum Gasteiger partial charge on any atom is -0.507 e. The van der Waals surface area contributed by atoms with E-state index >= 15 is 0 Å². The minimum absolute atomic E-state index is 0.00350. The van der Waals surface area contributed by atoms with E-state index in [1.165, 1.54) is 23.5 Å². The maximum Gasteiger partial charge on any atom is 0.312 e. The molecule has 9 heteroatoms. The molecule has 8 nitrogen and oxygen atoms in total. The number of phenolic OH excluding ortho intramolecular Hbond substituents is 3. The number of esters is 1. The molecule has 1 aliphatic heterocycles. The smallest absolute Gasteiger partial charge is 0.312 e. The van der Waals surface area contributed by atoms with Gasteiger partial charge in [-0.3, -0.25) is 9.59 Å². The Hall–Kier alpha value is -3.98. The third-order valence-electron chi connectivity index (χ3n) is 5.25. The van der Waals surface area contributed by atoms with Crippen LogP contribution in [0.4, 0.5) is 0 Å². The lowest BCUT2D eigenvalue weighted by Crippen LogP contribution is -2.21. The summed E-state index contributed by atoms with van der Waals surface area (Å²) in [5.41, 5.74) is 0.416. The number of hydrogen-bond donors (Lipinski definition) is 4. The second-order valence-electron chi connectivity index (χ2n) is 7.11. The highest BCUT2D eigenvalue weighted by Gasteiger charge is 2.34. The van der Waals surface area contributed by atoms with Crippen LogP contribution in [0.3, 0.4) is 0 Å². The molecular weight excluding hydrogens is 424 g/mol. The Labute approximate surface area is 177 Å². The van der Waals surface area contributed by atoms with Crippen molar-refractivity contribution >= 4 is 28.3 Å². The number of fused-ring (bicyclic) bond motifs is 3. The van der Waals surface area contributed by atoms with E-state index in [4.69, 9.17) is 9.15 Å². The van der Waals surface area contributed by atoms with Crippen LogP contribution in [0.5, 0.6) is 28.7 Å². The molecule has 31 heavy (non-hydrogen) atoms. The Kier molecular flexibility index (Phi) is 4.16. The topological polar surface area (TPSA) is 137 Å². The van der Waals surface area contributed by atoms with E-state index in [-0.39, 0.29) is 40.2 Å². The molecular formula is C22H14O8S. The molecule has 0 unspecified atom stereocenters. The molecule has 1 aliphatic rings. The van der Waals surface area contributed by atoms with E-state index in [0.717, 1.165) is 17.7 Å². The summed E-state index contributed by atoms with van der Waals surface area (Å²) >= 11 is 1.44. The summed E-state index contributed by atoms with van der Waals surface area (Å²) in [5, 5.41) is 43.8. The van der Waals surface area contributed by atoms with Gasteiger partial charge in [-0.05, 0) is 40.6 Å². The van der Waals surface area contributed by atoms with Crippen LogP contribution in [-0.4, -0.2) is 26.4 Å². The highest BCUT2D eigenvalue weighted by atomic mass is 32.1. The molecule has 0 saturated heterocycles. The molecule has 0 amide bonds. The van der Waals surface area contributed by atoms with E-state index in [2.05, 4.69) is 0 Å². The molecule has 2 aromatic carbocycles. The maximum absolute atomic E-state index is 13.0. The molecule has 4 aromatic rings. The molecule has 0 fully saturated rings. The quantitative estimate of drug-likeness (QED) is 0.211. The zero-order valence-corrected chi connectivity index (χ0v) is 16.5. The normalized spacial score (nSPS) is 15.6. The van der Waals surface area contributed by atoms with Crippen LogP contribution in [0.15, 0.2) is 50.3 Å². The third kappa shape index (κ3) is 2.89. The van der Waals surface area contributed by atoms with Gasteiger partial charge >= 0.3 is 5.97 Å². The summed E-state index contributed by atoms with van der Waals surface area (Å²) in [4.78, 5) is 25.1. The lowest BCUT2D eigenvalue weighted by molar-refractivity contribution is -0.135. The van der Waals surface area contributed by atoms with Crippen molar-refractivity contribution in [3.05, 3.63) is 62.4 Å². The molecule has 0 saturated carbocycles. The van der Waals surface area contributed by atoms with Crippen molar-refractivity contribution in [1.29, 1.82) is 0 Å². The Morgan fingerprint density at radius 2 is 1.77 bits per heavy atom. The zero-order chi connectivity index (χ0) is 21.9. The van der Waals surface area contributed by atoms with Crippen LogP contribution in [0, 0.1) is 0 Å². The average Bonchev–Trinajstić information content (AvgIpc) is 3.26. The molecule has 5 rings (SSSR count). The largest absolute Gasteiger partial charge is 0.507 e. The van der Waals surface area contributed by atoms with Crippen molar-refractivity contribution in [1.82, 2.24) is 0 Å². The number of ether oxygens (including phenoxy) is 1. The molecule has 0 bridgehead atoms. The molecule has 4 N–H and O–H groups in total. The van der Waals surface area contributed by atoms with Gasteiger partial charge in [-0.15, -0.1) is 0 Å². The van der Waals surface area contributed by atoms with Crippen molar-refractivity contribution < 1.29 is 34.4 Å². The predicted octanol–water partition coefficient (Wildman–Crippen LogP) is 3.78. The van der Waals surface area contributed by atoms with Crippen LogP contribution >= 0.6 is 11.3 Å². The van der Waals surface area contributed by atoms with Gasteiger partial charge < -0.3 is 29.6 Å². The van der Waals surface area contributed by atoms with E-state index in [1.807, 2.05) is 16.8 Å². The van der Waals surface area contributed by atoms with Gasteiger partial charge in [-0.25, -0.2) is 0 Å². The Bertz CT molecular complexity index is 1420. The Morgan fingerprint density at radius 1 is 0.968 bits per heavy atom. The lowest BCUT2D eigenvalue weighted by Gasteiger charge is -2.25. The Balaban J connectivity index is 1.87. The monoisotopic (exact) mass is 438 g/mol. The molecule has 0 aliphatic carbocycles. The number of phenols is 3. The van der Waals surface area contributed by atoms with Gasteiger partial charge in [-0.2, -0.15) is 11.3 Å². The number of hydrogen-bond acceptors (Lipinski definition) is 9. The van der Waals surface area contributed by atoms with Crippen LogP contribution < -0.4 is 10.2 Å². The molecule has 0 radical (unpaired) electrons. The van der Waals surface area contributed by atoms with Gasteiger partial charge in [0, 0.05) is 23.1 Å². The van der Waals surface area contributed by atoms with Gasteiger partial charge in [0.05, 0.1) is 6.42 Å². The fourth-order valence-electron chi connectivity index (χ4n) is 3.80. The van der Waals surface area contributed by atoms with Crippen molar-refractivity contribution in [2.45, 2.75) is 12.3 Å².